The summed E-state index contributed by atoms with van der Waals surface area (Å²) in [6, 6.07) is 14.2. The van der Waals surface area contributed by atoms with Gasteiger partial charge in [0.2, 0.25) is 0 Å². The predicted molar refractivity (Wildman–Crippen MR) is 139 cm³/mol. The van der Waals surface area contributed by atoms with Gasteiger partial charge in [-0.3, -0.25) is 14.6 Å². The van der Waals surface area contributed by atoms with Gasteiger partial charge in [-0.15, -0.1) is 0 Å². The molecule has 2 aliphatic heterocycles. The molecule has 180 valence electrons. The fourth-order valence-corrected chi connectivity index (χ4v) is 4.43. The number of anilines is 2. The Labute approximate surface area is 203 Å². The molecule has 1 saturated heterocycles. The second-order valence-electron chi connectivity index (χ2n) is 8.81. The van der Waals surface area contributed by atoms with E-state index < -0.39 is 0 Å². The Morgan fingerprint density at radius 3 is 2.50 bits per heavy atom. The standard InChI is InChI=1S/C28H36N4O2/c1-4-30(5-2)21-23-10-12-24(13-11-23)28(33)29-26-20-25(14-9-22(26)3)32-15-7-6-8-27(32)31-16-18-34-19-17-31/h6-15,20,27H,4-5,16-19,21H2,1-3H3,(H,29,33). The molecular formula is C28H36N4O2. The van der Waals surface area contributed by atoms with Gasteiger partial charge in [-0.25, -0.2) is 0 Å². The highest BCUT2D eigenvalue weighted by atomic mass is 16.5. The quantitative estimate of drug-likeness (QED) is 0.622. The molecule has 1 fully saturated rings. The zero-order valence-electron chi connectivity index (χ0n) is 20.5. The summed E-state index contributed by atoms with van der Waals surface area (Å²) in [6.45, 7) is 12.6. The van der Waals surface area contributed by atoms with Crippen molar-refractivity contribution in [1.82, 2.24) is 9.80 Å². The fourth-order valence-electron chi connectivity index (χ4n) is 4.43. The van der Waals surface area contributed by atoms with Crippen molar-refractivity contribution in [2.75, 3.05) is 49.6 Å². The highest BCUT2D eigenvalue weighted by Crippen LogP contribution is 2.28. The van der Waals surface area contributed by atoms with Crippen molar-refractivity contribution in [3.05, 3.63) is 83.6 Å². The minimum Gasteiger partial charge on any atom is -0.379 e. The Bertz CT molecular complexity index is 1020. The van der Waals surface area contributed by atoms with Crippen molar-refractivity contribution >= 4 is 17.3 Å². The zero-order valence-corrected chi connectivity index (χ0v) is 20.5. The molecule has 0 aromatic heterocycles. The van der Waals surface area contributed by atoms with Gasteiger partial charge in [-0.2, -0.15) is 0 Å². The molecule has 1 amide bonds. The number of amides is 1. The lowest BCUT2D eigenvalue weighted by Crippen LogP contribution is -2.50. The number of carbonyl (C=O) groups excluding carboxylic acids is 1. The minimum atomic E-state index is -0.0894. The largest absolute Gasteiger partial charge is 0.379 e. The van der Waals surface area contributed by atoms with E-state index in [1.54, 1.807) is 0 Å². The Kier molecular flexibility index (Phi) is 8.16. The summed E-state index contributed by atoms with van der Waals surface area (Å²) in [6.07, 6.45) is 8.60. The van der Waals surface area contributed by atoms with Crippen LogP contribution in [0.15, 0.2) is 66.9 Å². The number of nitrogens with one attached hydrogen (secondary N) is 1. The van der Waals surface area contributed by atoms with Crippen LogP contribution in [0.3, 0.4) is 0 Å². The average Bonchev–Trinajstić information content (AvgIpc) is 2.89. The van der Waals surface area contributed by atoms with Crippen molar-refractivity contribution < 1.29 is 9.53 Å². The van der Waals surface area contributed by atoms with Gasteiger partial charge >= 0.3 is 0 Å². The van der Waals surface area contributed by atoms with Gasteiger partial charge in [-0.05, 0) is 67.6 Å². The number of ether oxygens (including phenoxy) is 1. The number of allylic oxidation sites excluding steroid dienone is 2. The Balaban J connectivity index is 1.48. The molecule has 0 bridgehead atoms. The summed E-state index contributed by atoms with van der Waals surface area (Å²) in [4.78, 5) is 20.1. The lowest BCUT2D eigenvalue weighted by atomic mass is 10.1. The molecule has 2 aromatic rings. The summed E-state index contributed by atoms with van der Waals surface area (Å²) in [5.41, 5.74) is 4.80. The summed E-state index contributed by atoms with van der Waals surface area (Å²) in [5.74, 6) is -0.0894. The van der Waals surface area contributed by atoms with Gasteiger partial charge in [0.15, 0.2) is 0 Å². The monoisotopic (exact) mass is 460 g/mol. The van der Waals surface area contributed by atoms with Crippen molar-refractivity contribution in [2.24, 2.45) is 0 Å². The fraction of sp³-hybridized carbons (Fsp3) is 0.393. The normalized spacial score (nSPS) is 18.5. The summed E-state index contributed by atoms with van der Waals surface area (Å²) >= 11 is 0. The van der Waals surface area contributed by atoms with Gasteiger partial charge in [0.1, 0.15) is 6.17 Å². The maximum atomic E-state index is 13.0. The van der Waals surface area contributed by atoms with Gasteiger partial charge in [0.05, 0.1) is 13.2 Å². The number of rotatable bonds is 8. The second-order valence-corrected chi connectivity index (χ2v) is 8.81. The maximum Gasteiger partial charge on any atom is 0.255 e. The predicted octanol–water partition coefficient (Wildman–Crippen LogP) is 4.64. The van der Waals surface area contributed by atoms with E-state index in [2.05, 4.69) is 76.5 Å². The molecule has 2 aromatic carbocycles. The molecule has 2 heterocycles. The van der Waals surface area contributed by atoms with E-state index >= 15 is 0 Å². The van der Waals surface area contributed by atoms with E-state index in [1.807, 2.05) is 31.2 Å². The van der Waals surface area contributed by atoms with E-state index in [0.29, 0.717) is 5.56 Å². The Morgan fingerprint density at radius 1 is 1.06 bits per heavy atom. The van der Waals surface area contributed by atoms with Crippen LogP contribution in [0, 0.1) is 6.92 Å². The average molecular weight is 461 g/mol. The SMILES string of the molecule is CCN(CC)Cc1ccc(C(=O)Nc2cc(N3C=CC=CC3N3CCOCC3)ccc2C)cc1. The summed E-state index contributed by atoms with van der Waals surface area (Å²) < 4.78 is 5.54. The van der Waals surface area contributed by atoms with Gasteiger partial charge < -0.3 is 15.0 Å². The number of aryl methyl sites for hydroxylation is 1. The lowest BCUT2D eigenvalue weighted by molar-refractivity contribution is 0.0263. The number of morpholine rings is 1. The molecule has 0 aliphatic carbocycles. The van der Waals surface area contributed by atoms with Crippen LogP contribution in [0.4, 0.5) is 11.4 Å². The lowest BCUT2D eigenvalue weighted by Gasteiger charge is -2.40. The van der Waals surface area contributed by atoms with Crippen LogP contribution in [-0.4, -0.2) is 61.3 Å². The first-order valence-corrected chi connectivity index (χ1v) is 12.3. The topological polar surface area (TPSA) is 48.1 Å². The first-order chi connectivity index (χ1) is 16.6. The third kappa shape index (κ3) is 5.76. The van der Waals surface area contributed by atoms with Crippen LogP contribution >= 0.6 is 0 Å². The highest BCUT2D eigenvalue weighted by molar-refractivity contribution is 6.04. The molecule has 1 N–H and O–H groups in total. The molecule has 0 saturated carbocycles. The molecule has 6 heteroatoms. The molecule has 0 spiro atoms. The zero-order chi connectivity index (χ0) is 23.9. The molecule has 0 radical (unpaired) electrons. The number of hydrogen-bond acceptors (Lipinski definition) is 5. The number of carbonyl (C=O) groups is 1. The van der Waals surface area contributed by atoms with Crippen LogP contribution < -0.4 is 10.2 Å². The smallest absolute Gasteiger partial charge is 0.255 e. The molecule has 34 heavy (non-hydrogen) atoms. The minimum absolute atomic E-state index is 0.0894. The number of benzene rings is 2. The van der Waals surface area contributed by atoms with Crippen molar-refractivity contribution in [3.8, 4) is 0 Å². The van der Waals surface area contributed by atoms with Crippen LogP contribution in [0.1, 0.15) is 35.3 Å². The van der Waals surface area contributed by atoms with Gasteiger partial charge in [0.25, 0.3) is 5.91 Å². The Morgan fingerprint density at radius 2 is 1.79 bits per heavy atom. The van der Waals surface area contributed by atoms with Crippen LogP contribution in [0.25, 0.3) is 0 Å². The molecular weight excluding hydrogens is 424 g/mol. The Hall–Kier alpha value is -2.93. The molecule has 2 aliphatic rings. The first kappa shape index (κ1) is 24.2. The van der Waals surface area contributed by atoms with Crippen molar-refractivity contribution in [1.29, 1.82) is 0 Å². The molecule has 1 atom stereocenters. The van der Waals surface area contributed by atoms with Gasteiger partial charge in [-0.1, -0.05) is 38.1 Å². The van der Waals surface area contributed by atoms with E-state index in [0.717, 1.165) is 62.9 Å². The number of nitrogens with zero attached hydrogens (tertiary/aromatic N) is 3. The highest BCUT2D eigenvalue weighted by Gasteiger charge is 2.25. The van der Waals surface area contributed by atoms with E-state index in [4.69, 9.17) is 4.74 Å². The van der Waals surface area contributed by atoms with E-state index in [1.165, 1.54) is 5.56 Å². The maximum absolute atomic E-state index is 13.0. The van der Waals surface area contributed by atoms with Crippen molar-refractivity contribution in [3.63, 3.8) is 0 Å². The van der Waals surface area contributed by atoms with Crippen LogP contribution in [-0.2, 0) is 11.3 Å². The third-order valence-corrected chi connectivity index (χ3v) is 6.63. The van der Waals surface area contributed by atoms with Crippen LogP contribution in [0.5, 0.6) is 0 Å². The van der Waals surface area contributed by atoms with Crippen LogP contribution in [0.2, 0.25) is 0 Å². The first-order valence-electron chi connectivity index (χ1n) is 12.3. The molecule has 6 nitrogen and oxygen atoms in total. The second kappa shape index (κ2) is 11.5. The van der Waals surface area contributed by atoms with E-state index in [9.17, 15) is 4.79 Å². The summed E-state index contributed by atoms with van der Waals surface area (Å²) in [5, 5.41) is 3.13. The molecule has 1 unspecified atom stereocenters. The molecule has 4 rings (SSSR count). The number of hydrogen-bond donors (Lipinski definition) is 1. The summed E-state index contributed by atoms with van der Waals surface area (Å²) in [7, 11) is 0. The van der Waals surface area contributed by atoms with Crippen molar-refractivity contribution in [2.45, 2.75) is 33.5 Å². The van der Waals surface area contributed by atoms with Gasteiger partial charge in [0, 0.05) is 42.8 Å². The third-order valence-electron chi connectivity index (χ3n) is 6.63. The van der Waals surface area contributed by atoms with E-state index in [-0.39, 0.29) is 12.1 Å².